The summed E-state index contributed by atoms with van der Waals surface area (Å²) in [6, 6.07) is 7.36. The molecule has 2 rings (SSSR count). The van der Waals surface area contributed by atoms with Crippen LogP contribution in [0.4, 0.5) is 0 Å². The monoisotopic (exact) mass is 386 g/mol. The molecule has 0 aliphatic rings. The number of hydrogen-bond acceptors (Lipinski definition) is 5. The van der Waals surface area contributed by atoms with E-state index in [2.05, 4.69) is 10.2 Å². The Kier molecular flexibility index (Phi) is 5.80. The molecule has 1 aromatic carbocycles. The number of aromatic carboxylic acids is 1. The van der Waals surface area contributed by atoms with E-state index < -0.39 is 21.9 Å². The molecule has 0 spiro atoms. The molecular formula is C14H15ClN4O5S. The number of halogens is 1. The maximum absolute atomic E-state index is 11.9. The van der Waals surface area contributed by atoms with Crippen molar-refractivity contribution in [2.45, 2.75) is 0 Å². The minimum Gasteiger partial charge on any atom is -0.477 e. The number of carbonyl (C=O) groups is 2. The maximum atomic E-state index is 11.9. The Hall–Kier alpha value is -2.40. The van der Waals surface area contributed by atoms with Crippen molar-refractivity contribution < 1.29 is 23.1 Å². The summed E-state index contributed by atoms with van der Waals surface area (Å²) in [5.74, 6) is -1.76. The van der Waals surface area contributed by atoms with Gasteiger partial charge in [0.2, 0.25) is 0 Å². The molecule has 0 atom stereocenters. The number of rotatable bonds is 7. The molecule has 1 aromatic heterocycles. The summed E-state index contributed by atoms with van der Waals surface area (Å²) in [7, 11) is -4.25. The van der Waals surface area contributed by atoms with Gasteiger partial charge in [-0.15, -0.1) is 0 Å². The van der Waals surface area contributed by atoms with Gasteiger partial charge in [0.15, 0.2) is 5.69 Å². The highest BCUT2D eigenvalue weighted by Crippen LogP contribution is 2.26. The SMILES string of the molecule is NS(=O)(=O)n1ccc(-c2ccc(C(=O)NCCNCl)cc2)c1C(=O)O. The van der Waals surface area contributed by atoms with Crippen LogP contribution >= 0.6 is 11.8 Å². The van der Waals surface area contributed by atoms with Crippen molar-refractivity contribution in [3.8, 4) is 11.1 Å². The Labute approximate surface area is 148 Å². The summed E-state index contributed by atoms with van der Waals surface area (Å²) < 4.78 is 23.5. The van der Waals surface area contributed by atoms with E-state index in [0.717, 1.165) is 6.20 Å². The molecule has 134 valence electrons. The van der Waals surface area contributed by atoms with Gasteiger partial charge in [0.05, 0.1) is 0 Å². The summed E-state index contributed by atoms with van der Waals surface area (Å²) in [5.41, 5.74) is 0.479. The number of aromatic nitrogens is 1. The first-order chi connectivity index (χ1) is 11.8. The fourth-order valence-corrected chi connectivity index (χ4v) is 2.95. The minimum atomic E-state index is -4.25. The zero-order chi connectivity index (χ0) is 18.6. The molecule has 0 fully saturated rings. The van der Waals surface area contributed by atoms with Crippen LogP contribution in [-0.4, -0.2) is 42.5 Å². The van der Waals surface area contributed by atoms with Crippen LogP contribution in [-0.2, 0) is 10.2 Å². The van der Waals surface area contributed by atoms with E-state index in [-0.39, 0.29) is 11.5 Å². The van der Waals surface area contributed by atoms with Gasteiger partial charge in [-0.3, -0.25) is 4.79 Å². The van der Waals surface area contributed by atoms with Crippen LogP contribution in [0.2, 0.25) is 0 Å². The van der Waals surface area contributed by atoms with Crippen molar-refractivity contribution in [3.05, 3.63) is 47.8 Å². The Morgan fingerprint density at radius 3 is 2.32 bits per heavy atom. The standard InChI is InChI=1S/C14H15ClN4O5S/c15-18-7-6-17-13(20)10-3-1-9(2-4-10)11-5-8-19(25(16,23)24)12(11)14(21)22/h1-5,8,18H,6-7H2,(H,17,20)(H,21,22)(H2,16,23,24). The lowest BCUT2D eigenvalue weighted by Crippen LogP contribution is -2.29. The van der Waals surface area contributed by atoms with Gasteiger partial charge in [-0.25, -0.2) is 18.7 Å². The van der Waals surface area contributed by atoms with Crippen LogP contribution in [0.15, 0.2) is 36.5 Å². The fourth-order valence-electron chi connectivity index (χ4n) is 2.20. The Morgan fingerprint density at radius 2 is 1.80 bits per heavy atom. The van der Waals surface area contributed by atoms with Gasteiger partial charge in [-0.2, -0.15) is 8.42 Å². The lowest BCUT2D eigenvalue weighted by atomic mass is 10.0. The molecule has 11 heteroatoms. The number of benzene rings is 1. The fraction of sp³-hybridized carbons (Fsp3) is 0.143. The van der Waals surface area contributed by atoms with Crippen LogP contribution in [0, 0.1) is 0 Å². The van der Waals surface area contributed by atoms with Crippen molar-refractivity contribution in [3.63, 3.8) is 0 Å². The number of hydrogen-bond donors (Lipinski definition) is 4. The second-order valence-corrected chi connectivity index (χ2v) is 6.63. The first-order valence-corrected chi connectivity index (χ1v) is 8.84. The Morgan fingerprint density at radius 1 is 1.16 bits per heavy atom. The van der Waals surface area contributed by atoms with E-state index in [9.17, 15) is 23.1 Å². The third kappa shape index (κ3) is 4.37. The molecular weight excluding hydrogens is 372 g/mol. The Bertz CT molecular complexity index is 892. The van der Waals surface area contributed by atoms with Crippen molar-refractivity contribution in [2.75, 3.05) is 13.1 Å². The van der Waals surface area contributed by atoms with Gasteiger partial charge in [0.1, 0.15) is 0 Å². The lowest BCUT2D eigenvalue weighted by Gasteiger charge is -2.07. The number of nitrogens with zero attached hydrogens (tertiary/aromatic N) is 1. The van der Waals surface area contributed by atoms with E-state index in [1.807, 2.05) is 0 Å². The van der Waals surface area contributed by atoms with Crippen molar-refractivity contribution in [1.29, 1.82) is 0 Å². The molecule has 0 saturated carbocycles. The van der Waals surface area contributed by atoms with Gasteiger partial charge in [-0.05, 0) is 35.5 Å². The number of carbonyl (C=O) groups excluding carboxylic acids is 1. The van der Waals surface area contributed by atoms with Gasteiger partial charge in [0.25, 0.3) is 5.91 Å². The van der Waals surface area contributed by atoms with Gasteiger partial charge in [0, 0.05) is 30.4 Å². The third-order valence-corrected chi connectivity index (χ3v) is 4.33. The van der Waals surface area contributed by atoms with E-state index in [4.69, 9.17) is 16.9 Å². The lowest BCUT2D eigenvalue weighted by molar-refractivity contribution is 0.0690. The summed E-state index contributed by atoms with van der Waals surface area (Å²) in [4.78, 5) is 25.7. The highest BCUT2D eigenvalue weighted by molar-refractivity contribution is 7.87. The second kappa shape index (κ2) is 7.66. The van der Waals surface area contributed by atoms with Gasteiger partial charge >= 0.3 is 16.2 Å². The summed E-state index contributed by atoms with van der Waals surface area (Å²) in [6.45, 7) is 0.735. The molecule has 0 unspecified atom stereocenters. The number of amides is 1. The number of nitrogens with two attached hydrogens (primary N) is 1. The molecule has 5 N–H and O–H groups in total. The van der Waals surface area contributed by atoms with Crippen LogP contribution in [0.3, 0.4) is 0 Å². The van der Waals surface area contributed by atoms with Crippen LogP contribution in [0.25, 0.3) is 11.1 Å². The van der Waals surface area contributed by atoms with Crippen molar-refractivity contribution >= 4 is 33.9 Å². The average molecular weight is 387 g/mol. The molecule has 1 heterocycles. The van der Waals surface area contributed by atoms with Crippen molar-refractivity contribution in [2.24, 2.45) is 5.14 Å². The summed E-state index contributed by atoms with van der Waals surface area (Å²) in [5, 5.41) is 16.9. The highest BCUT2D eigenvalue weighted by atomic mass is 35.5. The van der Waals surface area contributed by atoms with E-state index in [1.165, 1.54) is 30.3 Å². The molecule has 0 saturated heterocycles. The number of nitrogens with one attached hydrogen (secondary N) is 2. The zero-order valence-corrected chi connectivity index (χ0v) is 14.3. The molecule has 0 aliphatic carbocycles. The highest BCUT2D eigenvalue weighted by Gasteiger charge is 2.22. The molecule has 1 amide bonds. The van der Waals surface area contributed by atoms with E-state index >= 15 is 0 Å². The largest absolute Gasteiger partial charge is 0.477 e. The normalized spacial score (nSPS) is 11.3. The number of carboxylic acid groups (broad SMARTS) is 1. The summed E-state index contributed by atoms with van der Waals surface area (Å²) >= 11 is 5.29. The average Bonchev–Trinajstić information content (AvgIpc) is 3.00. The third-order valence-electron chi connectivity index (χ3n) is 3.29. The van der Waals surface area contributed by atoms with Crippen molar-refractivity contribution in [1.82, 2.24) is 14.1 Å². The predicted octanol–water partition coefficient (Wildman–Crippen LogP) is 0.378. The minimum absolute atomic E-state index is 0.167. The predicted molar refractivity (Wildman–Crippen MR) is 91.5 cm³/mol. The second-order valence-electron chi connectivity index (χ2n) is 4.94. The Balaban J connectivity index is 2.33. The topological polar surface area (TPSA) is 144 Å². The van der Waals surface area contributed by atoms with E-state index in [0.29, 0.717) is 28.2 Å². The molecule has 0 bridgehead atoms. The molecule has 2 aromatic rings. The zero-order valence-electron chi connectivity index (χ0n) is 12.8. The quantitative estimate of drug-likeness (QED) is 0.400. The first kappa shape index (κ1) is 18.9. The molecule has 25 heavy (non-hydrogen) atoms. The summed E-state index contributed by atoms with van der Waals surface area (Å²) in [6.07, 6.45) is 1.06. The van der Waals surface area contributed by atoms with Gasteiger partial charge in [-0.1, -0.05) is 12.1 Å². The number of carboxylic acids is 1. The smallest absolute Gasteiger partial charge is 0.354 e. The first-order valence-electron chi connectivity index (χ1n) is 6.95. The van der Waals surface area contributed by atoms with E-state index in [1.54, 1.807) is 0 Å². The van der Waals surface area contributed by atoms with Crippen LogP contribution < -0.4 is 15.3 Å². The maximum Gasteiger partial charge on any atom is 0.354 e. The van der Waals surface area contributed by atoms with Crippen LogP contribution in [0.5, 0.6) is 0 Å². The molecule has 0 aliphatic heterocycles. The molecule has 9 nitrogen and oxygen atoms in total. The van der Waals surface area contributed by atoms with Crippen LogP contribution in [0.1, 0.15) is 20.8 Å². The van der Waals surface area contributed by atoms with Gasteiger partial charge < -0.3 is 10.4 Å². The molecule has 0 radical (unpaired) electrons.